The molecule has 0 aliphatic carbocycles. The molecule has 1 aliphatic heterocycles. The Hall–Kier alpha value is -3.07. The van der Waals surface area contributed by atoms with Gasteiger partial charge >= 0.3 is 6.18 Å². The number of anilines is 1. The van der Waals surface area contributed by atoms with Crippen LogP contribution in [0.15, 0.2) is 65.7 Å². The number of halogens is 3. The number of thioether (sulfide) groups is 1. The third-order valence-corrected chi connectivity index (χ3v) is 6.38. The summed E-state index contributed by atoms with van der Waals surface area (Å²) in [6, 6.07) is 15.6. The van der Waals surface area contributed by atoms with E-state index in [1.54, 1.807) is 19.2 Å². The van der Waals surface area contributed by atoms with Crippen molar-refractivity contribution in [1.29, 1.82) is 0 Å². The lowest BCUT2D eigenvalue weighted by molar-refractivity contribution is -0.137. The summed E-state index contributed by atoms with van der Waals surface area (Å²) in [4.78, 5) is 13.2. The van der Waals surface area contributed by atoms with E-state index in [-0.39, 0.29) is 5.69 Å². The third-order valence-electron chi connectivity index (χ3n) is 5.08. The SMILES string of the molecule is COc1ccc([C@@H]2Nn3c(C)ccc3S[C@@H]2C(=O)Nc2ccccc2C(F)(F)F)cc1. The number of carbonyl (C=O) groups is 1. The summed E-state index contributed by atoms with van der Waals surface area (Å²) in [5.41, 5.74) is 3.97. The normalized spacial score (nSPS) is 18.1. The van der Waals surface area contributed by atoms with Gasteiger partial charge < -0.3 is 15.5 Å². The summed E-state index contributed by atoms with van der Waals surface area (Å²) in [5, 5.41) is 2.61. The Morgan fingerprint density at radius 2 is 1.81 bits per heavy atom. The predicted molar refractivity (Wildman–Crippen MR) is 114 cm³/mol. The second-order valence-corrected chi connectivity index (χ2v) is 8.26. The lowest BCUT2D eigenvalue weighted by atomic mass is 10.0. The quantitative estimate of drug-likeness (QED) is 0.576. The number of amides is 1. The van der Waals surface area contributed by atoms with Crippen molar-refractivity contribution in [1.82, 2.24) is 4.68 Å². The molecular weight excluding hydrogens is 427 g/mol. The van der Waals surface area contributed by atoms with Gasteiger partial charge in [-0.05, 0) is 48.9 Å². The number of methoxy groups -OCH3 is 1. The molecule has 3 aromatic rings. The van der Waals surface area contributed by atoms with Gasteiger partial charge in [0.2, 0.25) is 5.91 Å². The molecule has 2 aromatic carbocycles. The summed E-state index contributed by atoms with van der Waals surface area (Å²) in [6.07, 6.45) is -4.57. The lowest BCUT2D eigenvalue weighted by Gasteiger charge is -2.34. The first-order valence-electron chi connectivity index (χ1n) is 9.50. The van der Waals surface area contributed by atoms with Gasteiger partial charge in [-0.25, -0.2) is 0 Å². The Balaban J connectivity index is 1.68. The Labute approximate surface area is 181 Å². The minimum Gasteiger partial charge on any atom is -0.497 e. The monoisotopic (exact) mass is 447 g/mol. The number of hydrogen-bond donors (Lipinski definition) is 2. The molecule has 5 nitrogen and oxygen atoms in total. The van der Waals surface area contributed by atoms with E-state index >= 15 is 0 Å². The zero-order valence-corrected chi connectivity index (χ0v) is 17.6. The van der Waals surface area contributed by atoms with E-state index in [1.807, 2.05) is 35.9 Å². The number of aryl methyl sites for hydroxylation is 1. The fourth-order valence-electron chi connectivity index (χ4n) is 3.49. The molecule has 0 saturated carbocycles. The number of ether oxygens (including phenoxy) is 1. The van der Waals surface area contributed by atoms with E-state index in [1.165, 1.54) is 30.0 Å². The van der Waals surface area contributed by atoms with E-state index < -0.39 is 28.9 Å². The topological polar surface area (TPSA) is 55.3 Å². The molecule has 0 saturated heterocycles. The van der Waals surface area contributed by atoms with Gasteiger partial charge in [0.1, 0.15) is 11.0 Å². The molecule has 162 valence electrons. The van der Waals surface area contributed by atoms with Crippen molar-refractivity contribution in [3.63, 3.8) is 0 Å². The fraction of sp³-hybridized carbons (Fsp3) is 0.227. The highest BCUT2D eigenvalue weighted by Gasteiger charge is 2.38. The fourth-order valence-corrected chi connectivity index (χ4v) is 4.71. The predicted octanol–water partition coefficient (Wildman–Crippen LogP) is 5.22. The molecule has 1 aliphatic rings. The smallest absolute Gasteiger partial charge is 0.418 e. The Bertz CT molecular complexity index is 1100. The van der Waals surface area contributed by atoms with Crippen LogP contribution >= 0.6 is 11.8 Å². The number of nitrogens with one attached hydrogen (secondary N) is 2. The van der Waals surface area contributed by atoms with Crippen molar-refractivity contribution >= 4 is 23.4 Å². The molecule has 0 radical (unpaired) electrons. The molecule has 0 bridgehead atoms. The van der Waals surface area contributed by atoms with Crippen molar-refractivity contribution in [2.45, 2.75) is 29.4 Å². The molecule has 0 spiro atoms. The lowest BCUT2D eigenvalue weighted by Crippen LogP contribution is -2.41. The van der Waals surface area contributed by atoms with Gasteiger partial charge in [-0.15, -0.1) is 0 Å². The molecule has 0 fully saturated rings. The van der Waals surface area contributed by atoms with Crippen molar-refractivity contribution in [2.75, 3.05) is 17.9 Å². The Kier molecular flexibility index (Phi) is 5.62. The summed E-state index contributed by atoms with van der Waals surface area (Å²) >= 11 is 1.31. The first-order valence-corrected chi connectivity index (χ1v) is 10.4. The highest BCUT2D eigenvalue weighted by Crippen LogP contribution is 2.40. The van der Waals surface area contributed by atoms with Crippen LogP contribution in [0, 0.1) is 6.92 Å². The second kappa shape index (κ2) is 8.22. The Morgan fingerprint density at radius 3 is 2.48 bits per heavy atom. The largest absolute Gasteiger partial charge is 0.497 e. The van der Waals surface area contributed by atoms with E-state index in [0.717, 1.165) is 22.3 Å². The molecule has 1 aromatic heterocycles. The van der Waals surface area contributed by atoms with Crippen LogP contribution in [-0.4, -0.2) is 22.9 Å². The van der Waals surface area contributed by atoms with Crippen LogP contribution < -0.4 is 15.5 Å². The van der Waals surface area contributed by atoms with Crippen molar-refractivity contribution < 1.29 is 22.7 Å². The Morgan fingerprint density at radius 1 is 1.10 bits per heavy atom. The molecular formula is C22H20F3N3O2S. The zero-order chi connectivity index (χ0) is 22.2. The minimum atomic E-state index is -4.57. The van der Waals surface area contributed by atoms with Crippen molar-refractivity contribution in [3.05, 3.63) is 77.5 Å². The number of aromatic nitrogens is 1. The van der Waals surface area contributed by atoms with Crippen LogP contribution in [0.2, 0.25) is 0 Å². The molecule has 0 unspecified atom stereocenters. The molecule has 2 heterocycles. The molecule has 2 atom stereocenters. The number of nitrogens with zero attached hydrogens (tertiary/aromatic N) is 1. The summed E-state index contributed by atoms with van der Waals surface area (Å²) in [6.45, 7) is 1.93. The number of para-hydroxylation sites is 1. The number of fused-ring (bicyclic) bond motifs is 1. The number of carbonyl (C=O) groups excluding carboxylic acids is 1. The van der Waals surface area contributed by atoms with Crippen LogP contribution in [0.4, 0.5) is 18.9 Å². The van der Waals surface area contributed by atoms with E-state index in [4.69, 9.17) is 4.74 Å². The zero-order valence-electron chi connectivity index (χ0n) is 16.7. The van der Waals surface area contributed by atoms with E-state index in [2.05, 4.69) is 10.7 Å². The van der Waals surface area contributed by atoms with E-state index in [9.17, 15) is 18.0 Å². The van der Waals surface area contributed by atoms with Crippen LogP contribution in [0.1, 0.15) is 22.9 Å². The van der Waals surface area contributed by atoms with Gasteiger partial charge in [0.05, 0.1) is 29.4 Å². The highest BCUT2D eigenvalue weighted by atomic mass is 32.2. The van der Waals surface area contributed by atoms with E-state index in [0.29, 0.717) is 5.75 Å². The maximum atomic E-state index is 13.4. The molecule has 31 heavy (non-hydrogen) atoms. The van der Waals surface area contributed by atoms with Gasteiger partial charge in [-0.1, -0.05) is 36.0 Å². The number of benzene rings is 2. The first-order chi connectivity index (χ1) is 14.8. The molecule has 9 heteroatoms. The van der Waals surface area contributed by atoms with Gasteiger partial charge in [0.15, 0.2) is 0 Å². The molecule has 1 amide bonds. The van der Waals surface area contributed by atoms with Gasteiger partial charge in [0, 0.05) is 5.69 Å². The van der Waals surface area contributed by atoms with Crippen molar-refractivity contribution in [3.8, 4) is 5.75 Å². The maximum absolute atomic E-state index is 13.4. The number of rotatable bonds is 4. The van der Waals surface area contributed by atoms with Gasteiger partial charge in [-0.3, -0.25) is 9.47 Å². The number of hydrogen-bond acceptors (Lipinski definition) is 4. The standard InChI is InChI=1S/C22H20F3N3O2S/c1-13-7-12-18-28(13)27-19(14-8-10-15(30-2)11-9-14)20(31-18)21(29)26-17-6-4-3-5-16(17)22(23,24)25/h3-12,19-20,27H,1-2H3,(H,26,29)/t19-,20-/m0/s1. The molecule has 2 N–H and O–H groups in total. The summed E-state index contributed by atoms with van der Waals surface area (Å²) in [5.74, 6) is 0.158. The van der Waals surface area contributed by atoms with Gasteiger partial charge in [0.25, 0.3) is 0 Å². The third kappa shape index (κ3) is 4.23. The average Bonchev–Trinajstić information content (AvgIpc) is 3.12. The van der Waals surface area contributed by atoms with Gasteiger partial charge in [-0.2, -0.15) is 13.2 Å². The van der Waals surface area contributed by atoms with Crippen LogP contribution in [-0.2, 0) is 11.0 Å². The summed E-state index contributed by atoms with van der Waals surface area (Å²) < 4.78 is 47.2. The average molecular weight is 447 g/mol. The van der Waals surface area contributed by atoms with Crippen LogP contribution in [0.25, 0.3) is 0 Å². The van der Waals surface area contributed by atoms with Crippen LogP contribution in [0.3, 0.4) is 0 Å². The highest BCUT2D eigenvalue weighted by molar-refractivity contribution is 8.00. The first kappa shape index (κ1) is 21.2. The minimum absolute atomic E-state index is 0.258. The van der Waals surface area contributed by atoms with Crippen molar-refractivity contribution in [2.24, 2.45) is 0 Å². The maximum Gasteiger partial charge on any atom is 0.418 e. The molecule has 4 rings (SSSR count). The van der Waals surface area contributed by atoms with Crippen LogP contribution in [0.5, 0.6) is 5.75 Å². The second-order valence-electron chi connectivity index (χ2n) is 7.10. The summed E-state index contributed by atoms with van der Waals surface area (Å²) in [7, 11) is 1.56. The number of alkyl halides is 3.